The molecule has 0 aliphatic carbocycles. The lowest BCUT2D eigenvalue weighted by Crippen LogP contribution is -2.06. The molecule has 0 spiro atoms. The number of rotatable bonds is 9. The Morgan fingerprint density at radius 2 is 1.77 bits per heavy atom. The van der Waals surface area contributed by atoms with Crippen molar-refractivity contribution in [1.29, 1.82) is 0 Å². The van der Waals surface area contributed by atoms with Gasteiger partial charge in [0.2, 0.25) is 0 Å². The van der Waals surface area contributed by atoms with E-state index in [1.165, 1.54) is 18.4 Å². The summed E-state index contributed by atoms with van der Waals surface area (Å²) in [6, 6.07) is 9.66. The fraction of sp³-hybridized carbons (Fsp3) is 0.520. The summed E-state index contributed by atoms with van der Waals surface area (Å²) >= 11 is 0. The molecule has 2 aromatic rings. The number of aliphatic imine (C=N–C) groups is 1. The molecule has 0 saturated heterocycles. The SMILES string of the molecule is CCCCNC.CCCN=CNc1c(C)cccc1NCC.Cc1ccc(O)c(C)n1. The van der Waals surface area contributed by atoms with Crippen LogP contribution in [-0.2, 0) is 0 Å². The number of para-hydroxylation sites is 1. The predicted octanol–water partition coefficient (Wildman–Crippen LogP) is 5.69. The highest BCUT2D eigenvalue weighted by Crippen LogP contribution is 2.24. The van der Waals surface area contributed by atoms with E-state index >= 15 is 0 Å². The van der Waals surface area contributed by atoms with Crippen molar-refractivity contribution >= 4 is 17.7 Å². The maximum absolute atomic E-state index is 8.98. The lowest BCUT2D eigenvalue weighted by molar-refractivity contribution is 0.467. The quantitative estimate of drug-likeness (QED) is 0.234. The summed E-state index contributed by atoms with van der Waals surface area (Å²) in [6.45, 7) is 15.1. The van der Waals surface area contributed by atoms with Crippen molar-refractivity contribution in [2.24, 2.45) is 4.99 Å². The number of hydrogen-bond acceptors (Lipinski definition) is 5. The van der Waals surface area contributed by atoms with Gasteiger partial charge in [-0.15, -0.1) is 0 Å². The van der Waals surface area contributed by atoms with Crippen molar-refractivity contribution in [3.05, 3.63) is 47.3 Å². The van der Waals surface area contributed by atoms with Gasteiger partial charge in [-0.05, 0) is 77.9 Å². The van der Waals surface area contributed by atoms with Gasteiger partial charge < -0.3 is 21.1 Å². The molecule has 1 heterocycles. The second-order valence-corrected chi connectivity index (χ2v) is 7.22. The number of aromatic hydroxyl groups is 1. The van der Waals surface area contributed by atoms with E-state index in [1.54, 1.807) is 25.4 Å². The molecule has 0 atom stereocenters. The molecule has 6 nitrogen and oxygen atoms in total. The molecule has 4 N–H and O–H groups in total. The molecular formula is C25H43N5O. The van der Waals surface area contributed by atoms with Gasteiger partial charge in [-0.25, -0.2) is 0 Å². The fourth-order valence-electron chi connectivity index (χ4n) is 2.53. The van der Waals surface area contributed by atoms with Crippen molar-refractivity contribution in [3.63, 3.8) is 0 Å². The number of pyridine rings is 1. The van der Waals surface area contributed by atoms with Crippen molar-refractivity contribution in [1.82, 2.24) is 10.3 Å². The van der Waals surface area contributed by atoms with Crippen molar-refractivity contribution in [3.8, 4) is 5.75 Å². The Morgan fingerprint density at radius 1 is 1.03 bits per heavy atom. The third kappa shape index (κ3) is 13.3. The molecule has 2 rings (SSSR count). The molecule has 0 bridgehead atoms. The molecule has 6 heteroatoms. The minimum atomic E-state index is 0.264. The zero-order valence-electron chi connectivity index (χ0n) is 20.5. The van der Waals surface area contributed by atoms with E-state index in [0.717, 1.165) is 43.1 Å². The van der Waals surface area contributed by atoms with Crippen LogP contribution in [0.25, 0.3) is 0 Å². The van der Waals surface area contributed by atoms with Crippen LogP contribution < -0.4 is 16.0 Å². The molecule has 0 aliphatic heterocycles. The lowest BCUT2D eigenvalue weighted by atomic mass is 10.1. The number of nitrogens with zero attached hydrogens (tertiary/aromatic N) is 2. The van der Waals surface area contributed by atoms with Gasteiger partial charge in [0, 0.05) is 18.8 Å². The van der Waals surface area contributed by atoms with Crippen LogP contribution in [0.15, 0.2) is 35.3 Å². The number of hydrogen-bond donors (Lipinski definition) is 4. The van der Waals surface area contributed by atoms with E-state index in [9.17, 15) is 0 Å². The molecule has 1 aromatic carbocycles. The van der Waals surface area contributed by atoms with Gasteiger partial charge in [0.1, 0.15) is 5.75 Å². The number of aromatic nitrogens is 1. The minimum absolute atomic E-state index is 0.264. The molecule has 31 heavy (non-hydrogen) atoms. The number of benzene rings is 1. The third-order valence-corrected chi connectivity index (χ3v) is 4.27. The Labute approximate surface area is 189 Å². The molecule has 1 aromatic heterocycles. The monoisotopic (exact) mass is 429 g/mol. The van der Waals surface area contributed by atoms with Crippen LogP contribution in [0.1, 0.15) is 57.0 Å². The van der Waals surface area contributed by atoms with E-state index in [0.29, 0.717) is 5.69 Å². The maximum atomic E-state index is 8.98. The van der Waals surface area contributed by atoms with Gasteiger partial charge in [-0.3, -0.25) is 9.98 Å². The molecular weight excluding hydrogens is 386 g/mol. The van der Waals surface area contributed by atoms with Crippen molar-refractivity contribution in [2.45, 2.75) is 60.8 Å². The average Bonchev–Trinajstić information content (AvgIpc) is 2.75. The number of anilines is 2. The summed E-state index contributed by atoms with van der Waals surface area (Å²) in [5.74, 6) is 0.264. The summed E-state index contributed by atoms with van der Waals surface area (Å²) in [4.78, 5) is 8.29. The van der Waals surface area contributed by atoms with Gasteiger partial charge in [-0.1, -0.05) is 32.4 Å². The van der Waals surface area contributed by atoms with Crippen molar-refractivity contribution in [2.75, 3.05) is 37.3 Å². The van der Waals surface area contributed by atoms with Gasteiger partial charge in [0.05, 0.1) is 23.4 Å². The largest absolute Gasteiger partial charge is 0.506 e. The van der Waals surface area contributed by atoms with E-state index < -0.39 is 0 Å². The molecule has 0 amide bonds. The minimum Gasteiger partial charge on any atom is -0.506 e. The first-order valence-corrected chi connectivity index (χ1v) is 11.3. The first-order valence-electron chi connectivity index (χ1n) is 11.3. The Hall–Kier alpha value is -2.60. The zero-order valence-corrected chi connectivity index (χ0v) is 20.5. The number of nitrogens with one attached hydrogen (secondary N) is 3. The molecule has 0 saturated carbocycles. The molecule has 174 valence electrons. The summed E-state index contributed by atoms with van der Waals surface area (Å²) < 4.78 is 0. The van der Waals surface area contributed by atoms with Crippen LogP contribution >= 0.6 is 0 Å². The highest BCUT2D eigenvalue weighted by Gasteiger charge is 2.02. The second-order valence-electron chi connectivity index (χ2n) is 7.22. The molecule has 0 aliphatic rings. The zero-order chi connectivity index (χ0) is 23.5. The van der Waals surface area contributed by atoms with Crippen LogP contribution in [0.5, 0.6) is 5.75 Å². The normalized spacial score (nSPS) is 10.0. The van der Waals surface area contributed by atoms with Gasteiger partial charge >= 0.3 is 0 Å². The smallest absolute Gasteiger partial charge is 0.136 e. The summed E-state index contributed by atoms with van der Waals surface area (Å²) in [5, 5.41) is 18.6. The summed E-state index contributed by atoms with van der Waals surface area (Å²) in [7, 11) is 1.98. The second kappa shape index (κ2) is 18.2. The Morgan fingerprint density at radius 3 is 2.29 bits per heavy atom. The highest BCUT2D eigenvalue weighted by molar-refractivity contribution is 5.85. The van der Waals surface area contributed by atoms with Crippen LogP contribution in [0, 0.1) is 20.8 Å². The third-order valence-electron chi connectivity index (χ3n) is 4.27. The van der Waals surface area contributed by atoms with Crippen LogP contribution in [-0.4, -0.2) is 43.1 Å². The predicted molar refractivity (Wildman–Crippen MR) is 137 cm³/mol. The Bertz CT molecular complexity index is 743. The Balaban J connectivity index is 0.000000503. The van der Waals surface area contributed by atoms with Gasteiger partial charge in [0.15, 0.2) is 0 Å². The summed E-state index contributed by atoms with van der Waals surface area (Å²) in [5.41, 5.74) is 5.09. The van der Waals surface area contributed by atoms with Crippen LogP contribution in [0.4, 0.5) is 11.4 Å². The Kier molecular flexibility index (Phi) is 16.7. The van der Waals surface area contributed by atoms with E-state index in [2.05, 4.69) is 71.8 Å². The van der Waals surface area contributed by atoms with Gasteiger partial charge in [0.25, 0.3) is 0 Å². The van der Waals surface area contributed by atoms with E-state index in [1.807, 2.05) is 14.0 Å². The average molecular weight is 430 g/mol. The fourth-order valence-corrected chi connectivity index (χ4v) is 2.53. The van der Waals surface area contributed by atoms with Crippen LogP contribution in [0.3, 0.4) is 0 Å². The number of unbranched alkanes of at least 4 members (excludes halogenated alkanes) is 1. The topological polar surface area (TPSA) is 81.6 Å². The first kappa shape index (κ1) is 28.4. The highest BCUT2D eigenvalue weighted by atomic mass is 16.3. The van der Waals surface area contributed by atoms with Gasteiger partial charge in [-0.2, -0.15) is 0 Å². The molecule has 0 fully saturated rings. The first-order chi connectivity index (χ1) is 14.9. The molecule has 0 radical (unpaired) electrons. The van der Waals surface area contributed by atoms with E-state index in [-0.39, 0.29) is 5.75 Å². The maximum Gasteiger partial charge on any atom is 0.136 e. The molecule has 0 unspecified atom stereocenters. The van der Waals surface area contributed by atoms with Crippen LogP contribution in [0.2, 0.25) is 0 Å². The summed E-state index contributed by atoms with van der Waals surface area (Å²) in [6.07, 6.45) is 5.45. The number of aryl methyl sites for hydroxylation is 3. The standard InChI is InChI=1S/C13H21N3.C7H9NO.C5H13N/c1-4-9-14-10-16-13-11(3)7-6-8-12(13)15-5-2;1-5-3-4-7(9)6(2)8-5;1-3-4-5-6-2/h6-8,10,15H,4-5,9H2,1-3H3,(H,14,16);3-4,9H,1-2H3;6H,3-5H2,1-2H3. The lowest BCUT2D eigenvalue weighted by Gasteiger charge is -2.12. The van der Waals surface area contributed by atoms with E-state index in [4.69, 9.17) is 5.11 Å². The van der Waals surface area contributed by atoms with Crippen molar-refractivity contribution < 1.29 is 5.11 Å².